The van der Waals surface area contributed by atoms with E-state index in [2.05, 4.69) is 35.3 Å². The highest BCUT2D eigenvalue weighted by Crippen LogP contribution is 2.32. The zero-order valence-corrected chi connectivity index (χ0v) is 14.8. The normalized spacial score (nSPS) is 18.7. The van der Waals surface area contributed by atoms with Gasteiger partial charge in [-0.1, -0.05) is 41.6 Å². The van der Waals surface area contributed by atoms with E-state index in [0.717, 1.165) is 5.56 Å². The van der Waals surface area contributed by atoms with E-state index >= 15 is 0 Å². The molecule has 0 spiro atoms. The van der Waals surface area contributed by atoms with Crippen LogP contribution in [0.5, 0.6) is 0 Å². The summed E-state index contributed by atoms with van der Waals surface area (Å²) in [7, 11) is 0. The number of carbonyl (C=O) groups excluding carboxylic acids is 1. The molecule has 0 aliphatic carbocycles. The summed E-state index contributed by atoms with van der Waals surface area (Å²) in [6, 6.07) is 14.2. The Labute approximate surface area is 150 Å². The van der Waals surface area contributed by atoms with E-state index in [0.29, 0.717) is 31.1 Å². The van der Waals surface area contributed by atoms with E-state index in [1.165, 1.54) is 4.88 Å². The van der Waals surface area contributed by atoms with Crippen LogP contribution < -0.4 is 0 Å². The SMILES string of the molecule is CC(c1ccccc1)N1CC(c2noc(Cc3cccs3)n2)CC1=O. The standard InChI is InChI=1S/C19H19N3O2S/c1-13(14-6-3-2-4-7-14)22-12-15(10-18(22)23)19-20-17(24-21-19)11-16-8-5-9-25-16/h2-9,13,15H,10-12H2,1H3. The fraction of sp³-hybridized carbons (Fsp3) is 0.316. The smallest absolute Gasteiger partial charge is 0.231 e. The van der Waals surface area contributed by atoms with Crippen molar-refractivity contribution >= 4 is 17.2 Å². The van der Waals surface area contributed by atoms with E-state index in [-0.39, 0.29) is 17.9 Å². The van der Waals surface area contributed by atoms with Gasteiger partial charge in [-0.3, -0.25) is 4.79 Å². The van der Waals surface area contributed by atoms with Crippen LogP contribution >= 0.6 is 11.3 Å². The quantitative estimate of drug-likeness (QED) is 0.700. The number of hydrogen-bond acceptors (Lipinski definition) is 5. The number of thiophene rings is 1. The van der Waals surface area contributed by atoms with Crippen LogP contribution in [0.2, 0.25) is 0 Å². The van der Waals surface area contributed by atoms with Gasteiger partial charge in [0, 0.05) is 23.8 Å². The molecule has 1 aromatic carbocycles. The molecule has 0 saturated carbocycles. The highest BCUT2D eigenvalue weighted by atomic mass is 32.1. The molecule has 4 rings (SSSR count). The van der Waals surface area contributed by atoms with Crippen molar-refractivity contribution in [3.63, 3.8) is 0 Å². The van der Waals surface area contributed by atoms with Crippen LogP contribution in [0.4, 0.5) is 0 Å². The third kappa shape index (κ3) is 3.35. The summed E-state index contributed by atoms with van der Waals surface area (Å²) >= 11 is 1.67. The molecule has 1 saturated heterocycles. The van der Waals surface area contributed by atoms with E-state index in [1.807, 2.05) is 34.5 Å². The lowest BCUT2D eigenvalue weighted by Gasteiger charge is -2.25. The van der Waals surface area contributed by atoms with Gasteiger partial charge in [-0.05, 0) is 23.9 Å². The Bertz CT molecular complexity index is 845. The Morgan fingerprint density at radius 2 is 2.12 bits per heavy atom. The Morgan fingerprint density at radius 3 is 2.88 bits per heavy atom. The molecule has 0 bridgehead atoms. The molecular weight excluding hydrogens is 334 g/mol. The second-order valence-electron chi connectivity index (χ2n) is 6.34. The Morgan fingerprint density at radius 1 is 1.28 bits per heavy atom. The summed E-state index contributed by atoms with van der Waals surface area (Å²) in [5, 5.41) is 6.15. The molecule has 3 aromatic rings. The van der Waals surface area contributed by atoms with Crippen molar-refractivity contribution in [3.05, 3.63) is 70.0 Å². The Kier molecular flexibility index (Phi) is 4.36. The summed E-state index contributed by atoms with van der Waals surface area (Å²) in [4.78, 5) is 20.1. The minimum atomic E-state index is -0.000465. The van der Waals surface area contributed by atoms with Gasteiger partial charge in [0.25, 0.3) is 0 Å². The fourth-order valence-electron chi connectivity index (χ4n) is 3.26. The van der Waals surface area contributed by atoms with Crippen LogP contribution in [-0.2, 0) is 11.2 Å². The van der Waals surface area contributed by atoms with Gasteiger partial charge in [0.2, 0.25) is 11.8 Å². The third-order valence-corrected chi connectivity index (χ3v) is 5.54. The van der Waals surface area contributed by atoms with E-state index < -0.39 is 0 Å². The van der Waals surface area contributed by atoms with Crippen LogP contribution in [0.25, 0.3) is 0 Å². The number of hydrogen-bond donors (Lipinski definition) is 0. The summed E-state index contributed by atoms with van der Waals surface area (Å²) in [6.07, 6.45) is 1.09. The van der Waals surface area contributed by atoms with Gasteiger partial charge in [0.15, 0.2) is 5.82 Å². The van der Waals surface area contributed by atoms with Gasteiger partial charge in [-0.15, -0.1) is 11.3 Å². The van der Waals surface area contributed by atoms with Crippen LogP contribution in [0.3, 0.4) is 0 Å². The van der Waals surface area contributed by atoms with Gasteiger partial charge in [-0.25, -0.2) is 0 Å². The highest BCUT2D eigenvalue weighted by molar-refractivity contribution is 7.09. The molecule has 0 N–H and O–H groups in total. The minimum Gasteiger partial charge on any atom is -0.339 e. The Balaban J connectivity index is 1.46. The largest absolute Gasteiger partial charge is 0.339 e. The lowest BCUT2D eigenvalue weighted by atomic mass is 10.1. The number of carbonyl (C=O) groups is 1. The summed E-state index contributed by atoms with van der Waals surface area (Å²) in [5.74, 6) is 1.40. The molecule has 3 heterocycles. The molecule has 5 nitrogen and oxygen atoms in total. The highest BCUT2D eigenvalue weighted by Gasteiger charge is 2.36. The van der Waals surface area contributed by atoms with Crippen molar-refractivity contribution in [3.8, 4) is 0 Å². The van der Waals surface area contributed by atoms with Crippen LogP contribution in [0.15, 0.2) is 52.4 Å². The van der Waals surface area contributed by atoms with E-state index in [9.17, 15) is 4.79 Å². The van der Waals surface area contributed by atoms with Gasteiger partial charge >= 0.3 is 0 Å². The third-order valence-electron chi connectivity index (χ3n) is 4.66. The molecule has 6 heteroatoms. The monoisotopic (exact) mass is 353 g/mol. The van der Waals surface area contributed by atoms with Gasteiger partial charge in [-0.2, -0.15) is 4.98 Å². The number of likely N-dealkylation sites (tertiary alicyclic amines) is 1. The number of aromatic nitrogens is 2. The zero-order valence-electron chi connectivity index (χ0n) is 14.0. The van der Waals surface area contributed by atoms with Crippen molar-refractivity contribution in [2.24, 2.45) is 0 Å². The second kappa shape index (κ2) is 6.80. The first-order chi connectivity index (χ1) is 12.2. The maximum atomic E-state index is 12.5. The lowest BCUT2D eigenvalue weighted by Crippen LogP contribution is -2.28. The molecule has 2 atom stereocenters. The summed E-state index contributed by atoms with van der Waals surface area (Å²) in [5.41, 5.74) is 1.14. The molecule has 0 radical (unpaired) electrons. The molecule has 2 unspecified atom stereocenters. The van der Waals surface area contributed by atoms with Crippen molar-refractivity contribution in [2.75, 3.05) is 6.54 Å². The second-order valence-corrected chi connectivity index (χ2v) is 7.37. The minimum absolute atomic E-state index is 0.000465. The topological polar surface area (TPSA) is 59.2 Å². The first kappa shape index (κ1) is 16.0. The molecule has 25 heavy (non-hydrogen) atoms. The van der Waals surface area contributed by atoms with Gasteiger partial charge in [0.05, 0.1) is 12.5 Å². The number of benzene rings is 1. The zero-order chi connectivity index (χ0) is 17.2. The van der Waals surface area contributed by atoms with Crippen molar-refractivity contribution in [1.82, 2.24) is 15.0 Å². The van der Waals surface area contributed by atoms with E-state index in [1.54, 1.807) is 11.3 Å². The molecule has 1 amide bonds. The average molecular weight is 353 g/mol. The number of nitrogens with zero attached hydrogens (tertiary/aromatic N) is 3. The van der Waals surface area contributed by atoms with Crippen molar-refractivity contribution in [1.29, 1.82) is 0 Å². The van der Waals surface area contributed by atoms with Crippen molar-refractivity contribution < 1.29 is 9.32 Å². The fourth-order valence-corrected chi connectivity index (χ4v) is 3.95. The predicted octanol–water partition coefficient (Wildman–Crippen LogP) is 3.80. The maximum absolute atomic E-state index is 12.5. The average Bonchev–Trinajstić information content (AvgIpc) is 3.37. The molecule has 1 fully saturated rings. The maximum Gasteiger partial charge on any atom is 0.231 e. The Hall–Kier alpha value is -2.47. The van der Waals surface area contributed by atoms with Crippen LogP contribution in [-0.4, -0.2) is 27.5 Å². The van der Waals surface area contributed by atoms with Gasteiger partial charge < -0.3 is 9.42 Å². The lowest BCUT2D eigenvalue weighted by molar-refractivity contribution is -0.129. The van der Waals surface area contributed by atoms with E-state index in [4.69, 9.17) is 4.52 Å². The summed E-state index contributed by atoms with van der Waals surface area (Å²) in [6.45, 7) is 2.70. The number of amides is 1. The molecule has 128 valence electrons. The first-order valence-corrected chi connectivity index (χ1v) is 9.28. The summed E-state index contributed by atoms with van der Waals surface area (Å²) < 4.78 is 5.38. The van der Waals surface area contributed by atoms with Crippen molar-refractivity contribution in [2.45, 2.75) is 31.7 Å². The molecule has 1 aliphatic rings. The van der Waals surface area contributed by atoms with Crippen LogP contribution in [0, 0.1) is 0 Å². The predicted molar refractivity (Wildman–Crippen MR) is 95.4 cm³/mol. The molecule has 1 aliphatic heterocycles. The van der Waals surface area contributed by atoms with Crippen LogP contribution in [0.1, 0.15) is 47.5 Å². The first-order valence-electron chi connectivity index (χ1n) is 8.40. The number of rotatable bonds is 5. The van der Waals surface area contributed by atoms with Gasteiger partial charge in [0.1, 0.15) is 0 Å². The molecule has 2 aromatic heterocycles. The molecular formula is C19H19N3O2S.